The Morgan fingerprint density at radius 1 is 0.821 bits per heavy atom. The summed E-state index contributed by atoms with van der Waals surface area (Å²) in [6.45, 7) is 6.29. The van der Waals surface area contributed by atoms with E-state index in [9.17, 15) is 19.2 Å². The molecule has 0 spiro atoms. The van der Waals surface area contributed by atoms with Crippen molar-refractivity contribution in [2.75, 3.05) is 13.2 Å². The normalized spacial score (nSPS) is 14.3. The van der Waals surface area contributed by atoms with Gasteiger partial charge in [-0.2, -0.15) is 0 Å². The third-order valence-corrected chi connectivity index (χ3v) is 3.88. The third-order valence-electron chi connectivity index (χ3n) is 3.88. The van der Waals surface area contributed by atoms with Crippen molar-refractivity contribution in [3.63, 3.8) is 0 Å². The van der Waals surface area contributed by atoms with Crippen LogP contribution in [0.5, 0.6) is 0 Å². The largest absolute Gasteiger partial charge is 0.481 e. The molecule has 0 saturated carbocycles. The summed E-state index contributed by atoms with van der Waals surface area (Å²) in [5, 5.41) is 8.57. The van der Waals surface area contributed by atoms with Crippen LogP contribution in [0.3, 0.4) is 0 Å². The first-order valence-electron chi connectivity index (χ1n) is 9.21. The van der Waals surface area contributed by atoms with E-state index in [4.69, 9.17) is 30.8 Å². The fourth-order valence-corrected chi connectivity index (χ4v) is 1.82. The molecule has 0 rings (SSSR count). The minimum absolute atomic E-state index is 0.101. The first-order chi connectivity index (χ1) is 13.0. The van der Waals surface area contributed by atoms with Crippen molar-refractivity contribution in [2.45, 2.75) is 65.1 Å². The Hall–Kier alpha value is -2.20. The van der Waals surface area contributed by atoms with E-state index in [0.717, 1.165) is 0 Å². The Balaban J connectivity index is 4.75. The quantitative estimate of drug-likeness (QED) is 0.285. The second kappa shape index (κ2) is 13.1. The summed E-state index contributed by atoms with van der Waals surface area (Å²) in [6, 6.07) is -1.73. The van der Waals surface area contributed by atoms with Crippen LogP contribution in [0.15, 0.2) is 0 Å². The highest BCUT2D eigenvalue weighted by atomic mass is 16.6. The van der Waals surface area contributed by atoms with Crippen molar-refractivity contribution in [2.24, 2.45) is 23.3 Å². The lowest BCUT2D eigenvalue weighted by molar-refractivity contribution is -0.169. The average Bonchev–Trinajstić information content (AvgIpc) is 2.61. The zero-order chi connectivity index (χ0) is 21.9. The summed E-state index contributed by atoms with van der Waals surface area (Å²) in [6.07, 6.45) is -1.20. The van der Waals surface area contributed by atoms with Gasteiger partial charge in [-0.3, -0.25) is 19.2 Å². The Kier molecular flexibility index (Phi) is 12.0. The Labute approximate surface area is 164 Å². The highest BCUT2D eigenvalue weighted by Gasteiger charge is 2.26. The summed E-state index contributed by atoms with van der Waals surface area (Å²) in [4.78, 5) is 46.1. The topological polar surface area (TPSA) is 168 Å². The van der Waals surface area contributed by atoms with E-state index < -0.39 is 42.1 Å². The Bertz CT molecular complexity index is 536. The molecule has 0 aliphatic heterocycles. The number of nitrogens with two attached hydrogens (primary N) is 2. The molecule has 0 aromatic rings. The molecule has 3 atom stereocenters. The number of carboxylic acid groups (broad SMARTS) is 1. The highest BCUT2D eigenvalue weighted by molar-refractivity contribution is 5.77. The number of rotatable bonds is 13. The zero-order valence-corrected chi connectivity index (χ0v) is 16.9. The molecule has 0 fully saturated rings. The van der Waals surface area contributed by atoms with E-state index in [0.29, 0.717) is 0 Å². The van der Waals surface area contributed by atoms with Gasteiger partial charge in [0, 0.05) is 12.8 Å². The van der Waals surface area contributed by atoms with E-state index in [2.05, 4.69) is 0 Å². The van der Waals surface area contributed by atoms with Gasteiger partial charge in [-0.25, -0.2) is 0 Å². The molecule has 10 heteroatoms. The maximum Gasteiger partial charge on any atom is 0.323 e. The van der Waals surface area contributed by atoms with Crippen LogP contribution in [0.2, 0.25) is 0 Å². The van der Waals surface area contributed by atoms with Gasteiger partial charge >= 0.3 is 23.9 Å². The van der Waals surface area contributed by atoms with Crippen LogP contribution in [0.25, 0.3) is 0 Å². The molecule has 28 heavy (non-hydrogen) atoms. The molecule has 0 amide bonds. The van der Waals surface area contributed by atoms with E-state index in [1.807, 2.05) is 0 Å². The van der Waals surface area contributed by atoms with Crippen LogP contribution in [0, 0.1) is 11.8 Å². The second-order valence-corrected chi connectivity index (χ2v) is 7.16. The van der Waals surface area contributed by atoms with Crippen LogP contribution in [0.4, 0.5) is 0 Å². The van der Waals surface area contributed by atoms with Gasteiger partial charge in [-0.05, 0) is 18.3 Å². The summed E-state index contributed by atoms with van der Waals surface area (Å²) in [5.74, 6) is -3.38. The number of hydrogen-bond acceptors (Lipinski definition) is 9. The molecule has 0 aliphatic carbocycles. The number of aliphatic carboxylic acids is 1. The van der Waals surface area contributed by atoms with Gasteiger partial charge in [0.15, 0.2) is 6.10 Å². The first kappa shape index (κ1) is 25.8. The summed E-state index contributed by atoms with van der Waals surface area (Å²) >= 11 is 0. The average molecular weight is 404 g/mol. The van der Waals surface area contributed by atoms with Crippen molar-refractivity contribution in [1.82, 2.24) is 0 Å². The molecule has 5 N–H and O–H groups in total. The molecule has 0 heterocycles. The number of esters is 3. The van der Waals surface area contributed by atoms with Crippen LogP contribution >= 0.6 is 0 Å². The Morgan fingerprint density at radius 3 is 1.82 bits per heavy atom. The van der Waals surface area contributed by atoms with Gasteiger partial charge < -0.3 is 30.8 Å². The van der Waals surface area contributed by atoms with Crippen molar-refractivity contribution < 1.29 is 38.5 Å². The van der Waals surface area contributed by atoms with Crippen LogP contribution in [0.1, 0.15) is 47.0 Å². The van der Waals surface area contributed by atoms with E-state index in [1.54, 1.807) is 27.7 Å². The molecular formula is C18H32N2O8. The molecule has 0 aliphatic rings. The van der Waals surface area contributed by atoms with Crippen LogP contribution in [-0.4, -0.2) is 60.4 Å². The molecule has 0 aromatic carbocycles. The number of carboxylic acids is 1. The number of carbonyl (C=O) groups is 4. The molecule has 10 nitrogen and oxygen atoms in total. The fourth-order valence-electron chi connectivity index (χ4n) is 1.82. The molecule has 162 valence electrons. The van der Waals surface area contributed by atoms with Crippen molar-refractivity contribution in [3.8, 4) is 0 Å². The highest BCUT2D eigenvalue weighted by Crippen LogP contribution is 2.07. The molecule has 0 saturated heterocycles. The van der Waals surface area contributed by atoms with Gasteiger partial charge in [0.05, 0.1) is 0 Å². The van der Waals surface area contributed by atoms with Gasteiger partial charge in [0.2, 0.25) is 0 Å². The maximum atomic E-state index is 12.1. The predicted molar refractivity (Wildman–Crippen MR) is 98.9 cm³/mol. The summed E-state index contributed by atoms with van der Waals surface area (Å²) in [7, 11) is 0. The lowest BCUT2D eigenvalue weighted by Crippen LogP contribution is -2.43. The number of carbonyl (C=O) groups excluding carboxylic acids is 3. The van der Waals surface area contributed by atoms with Crippen molar-refractivity contribution >= 4 is 23.9 Å². The van der Waals surface area contributed by atoms with Crippen molar-refractivity contribution in [3.05, 3.63) is 0 Å². The monoisotopic (exact) mass is 404 g/mol. The maximum absolute atomic E-state index is 12.1. The minimum Gasteiger partial charge on any atom is -0.481 e. The van der Waals surface area contributed by atoms with Gasteiger partial charge in [0.1, 0.15) is 25.3 Å². The first-order valence-corrected chi connectivity index (χ1v) is 9.21. The van der Waals surface area contributed by atoms with Gasteiger partial charge in [0.25, 0.3) is 0 Å². The molecule has 0 radical (unpaired) electrons. The smallest absolute Gasteiger partial charge is 0.323 e. The molecule has 0 aromatic heterocycles. The summed E-state index contributed by atoms with van der Waals surface area (Å²) in [5.41, 5.74) is 11.4. The zero-order valence-electron chi connectivity index (χ0n) is 16.9. The lowest BCUT2D eigenvalue weighted by atomic mass is 10.1. The second-order valence-electron chi connectivity index (χ2n) is 7.16. The SMILES string of the molecule is CC(C)[C@H](N)C(=O)OCC(COC(=O)CCCC(=O)O)OC(=O)[C@@H](N)C(C)C. The van der Waals surface area contributed by atoms with Gasteiger partial charge in [-0.1, -0.05) is 27.7 Å². The predicted octanol–water partition coefficient (Wildman–Crippen LogP) is 0.206. The molecule has 0 bridgehead atoms. The third kappa shape index (κ3) is 10.8. The van der Waals surface area contributed by atoms with E-state index in [1.165, 1.54) is 0 Å². The van der Waals surface area contributed by atoms with Crippen LogP contribution in [-0.2, 0) is 33.4 Å². The van der Waals surface area contributed by atoms with Crippen LogP contribution < -0.4 is 11.5 Å². The minimum atomic E-state index is -1.05. The standard InChI is InChI=1S/C18H32N2O8/c1-10(2)15(19)17(24)27-9-12(28-18(25)16(20)11(3)4)8-26-14(23)7-5-6-13(21)22/h10-12,15-16H,5-9,19-20H2,1-4H3,(H,21,22)/t12?,15-,16-/m0/s1. The number of ether oxygens (including phenoxy) is 3. The van der Waals surface area contributed by atoms with E-state index >= 15 is 0 Å². The fraction of sp³-hybridized carbons (Fsp3) is 0.778. The summed E-state index contributed by atoms with van der Waals surface area (Å²) < 4.78 is 15.3. The van der Waals surface area contributed by atoms with Gasteiger partial charge in [-0.15, -0.1) is 0 Å². The molecule has 1 unspecified atom stereocenters. The van der Waals surface area contributed by atoms with E-state index in [-0.39, 0.29) is 44.3 Å². The van der Waals surface area contributed by atoms with Crippen molar-refractivity contribution in [1.29, 1.82) is 0 Å². The lowest BCUT2D eigenvalue weighted by Gasteiger charge is -2.22. The number of hydrogen-bond donors (Lipinski definition) is 3. The Morgan fingerprint density at radius 2 is 1.32 bits per heavy atom. The molecular weight excluding hydrogens is 372 g/mol.